The SMILES string of the molecule is Cc1ccc(C(=O)N2CC[C@@H](NC(=O)O)C2)cn1. The summed E-state index contributed by atoms with van der Waals surface area (Å²) in [4.78, 5) is 28.3. The molecule has 2 amide bonds. The van der Waals surface area contributed by atoms with E-state index in [-0.39, 0.29) is 11.9 Å². The molecule has 1 aromatic heterocycles. The van der Waals surface area contributed by atoms with E-state index in [1.807, 2.05) is 6.92 Å². The molecule has 1 aliphatic rings. The molecule has 18 heavy (non-hydrogen) atoms. The van der Waals surface area contributed by atoms with Gasteiger partial charge in [-0.25, -0.2) is 4.79 Å². The van der Waals surface area contributed by atoms with E-state index in [1.165, 1.54) is 0 Å². The Bertz CT molecular complexity index is 458. The fourth-order valence-electron chi connectivity index (χ4n) is 2.01. The molecule has 0 saturated carbocycles. The van der Waals surface area contributed by atoms with E-state index in [0.717, 1.165) is 5.69 Å². The van der Waals surface area contributed by atoms with Gasteiger partial charge in [0.05, 0.1) is 11.6 Å². The number of pyridine rings is 1. The molecule has 1 fully saturated rings. The molecular weight excluding hydrogens is 234 g/mol. The van der Waals surface area contributed by atoms with Gasteiger partial charge in [-0.1, -0.05) is 0 Å². The maximum Gasteiger partial charge on any atom is 0.404 e. The molecule has 1 aliphatic heterocycles. The Kier molecular flexibility index (Phi) is 3.45. The van der Waals surface area contributed by atoms with Crippen LogP contribution in [0.1, 0.15) is 22.5 Å². The Labute approximate surface area is 105 Å². The van der Waals surface area contributed by atoms with E-state index in [2.05, 4.69) is 10.3 Å². The van der Waals surface area contributed by atoms with Crippen LogP contribution in [0.15, 0.2) is 18.3 Å². The average molecular weight is 249 g/mol. The van der Waals surface area contributed by atoms with Gasteiger partial charge in [-0.05, 0) is 25.5 Å². The van der Waals surface area contributed by atoms with Crippen molar-refractivity contribution in [3.8, 4) is 0 Å². The summed E-state index contributed by atoms with van der Waals surface area (Å²) < 4.78 is 0. The van der Waals surface area contributed by atoms with Crippen molar-refractivity contribution in [3.63, 3.8) is 0 Å². The van der Waals surface area contributed by atoms with Gasteiger partial charge in [0, 0.05) is 25.0 Å². The number of hydrogen-bond donors (Lipinski definition) is 2. The molecule has 0 radical (unpaired) electrons. The van der Waals surface area contributed by atoms with Crippen molar-refractivity contribution in [2.24, 2.45) is 0 Å². The monoisotopic (exact) mass is 249 g/mol. The van der Waals surface area contributed by atoms with Crippen molar-refractivity contribution in [1.82, 2.24) is 15.2 Å². The van der Waals surface area contributed by atoms with Gasteiger partial charge in [0.2, 0.25) is 0 Å². The predicted octanol–water partition coefficient (Wildman–Crippen LogP) is 0.872. The van der Waals surface area contributed by atoms with Crippen LogP contribution >= 0.6 is 0 Å². The van der Waals surface area contributed by atoms with Crippen LogP contribution in [-0.4, -0.2) is 46.1 Å². The molecule has 0 bridgehead atoms. The number of amides is 2. The summed E-state index contributed by atoms with van der Waals surface area (Å²) in [5.41, 5.74) is 1.40. The standard InChI is InChI=1S/C12H15N3O3/c1-8-2-3-9(6-13-8)11(16)15-5-4-10(7-15)14-12(17)18/h2-3,6,10,14H,4-5,7H2,1H3,(H,17,18)/t10-/m1/s1. The number of nitrogens with zero attached hydrogens (tertiary/aromatic N) is 2. The average Bonchev–Trinajstić information content (AvgIpc) is 2.76. The molecule has 0 unspecified atom stereocenters. The van der Waals surface area contributed by atoms with E-state index in [0.29, 0.717) is 25.1 Å². The van der Waals surface area contributed by atoms with Gasteiger partial charge in [-0.15, -0.1) is 0 Å². The third-order valence-electron chi connectivity index (χ3n) is 2.96. The highest BCUT2D eigenvalue weighted by molar-refractivity contribution is 5.94. The lowest BCUT2D eigenvalue weighted by Crippen LogP contribution is -2.37. The largest absolute Gasteiger partial charge is 0.465 e. The first-order chi connectivity index (χ1) is 8.56. The summed E-state index contributed by atoms with van der Waals surface area (Å²) in [6.07, 6.45) is 1.15. The van der Waals surface area contributed by atoms with Gasteiger partial charge in [0.15, 0.2) is 0 Å². The van der Waals surface area contributed by atoms with Crippen LogP contribution in [0.25, 0.3) is 0 Å². The number of nitrogens with one attached hydrogen (secondary N) is 1. The number of carbonyl (C=O) groups is 2. The van der Waals surface area contributed by atoms with Crippen LogP contribution in [0.4, 0.5) is 4.79 Å². The van der Waals surface area contributed by atoms with Crippen LogP contribution in [0.5, 0.6) is 0 Å². The number of likely N-dealkylation sites (tertiary alicyclic amines) is 1. The number of rotatable bonds is 2. The summed E-state index contributed by atoms with van der Waals surface area (Å²) in [7, 11) is 0. The smallest absolute Gasteiger partial charge is 0.404 e. The number of hydrogen-bond acceptors (Lipinski definition) is 3. The topological polar surface area (TPSA) is 82.5 Å². The number of carbonyl (C=O) groups excluding carboxylic acids is 1. The van der Waals surface area contributed by atoms with Crippen molar-refractivity contribution in [2.75, 3.05) is 13.1 Å². The van der Waals surface area contributed by atoms with Crippen LogP contribution in [-0.2, 0) is 0 Å². The zero-order chi connectivity index (χ0) is 13.1. The summed E-state index contributed by atoms with van der Waals surface area (Å²) in [5, 5.41) is 11.0. The Morgan fingerprint density at radius 2 is 2.28 bits per heavy atom. The Balaban J connectivity index is 1.99. The molecule has 96 valence electrons. The first kappa shape index (κ1) is 12.3. The molecule has 1 aromatic rings. The molecule has 0 spiro atoms. The molecule has 6 heteroatoms. The second-order valence-electron chi connectivity index (χ2n) is 4.37. The molecule has 2 rings (SSSR count). The van der Waals surface area contributed by atoms with Crippen molar-refractivity contribution in [2.45, 2.75) is 19.4 Å². The first-order valence-corrected chi connectivity index (χ1v) is 5.77. The zero-order valence-corrected chi connectivity index (χ0v) is 10.1. The lowest BCUT2D eigenvalue weighted by Gasteiger charge is -2.16. The van der Waals surface area contributed by atoms with Crippen LogP contribution in [0.3, 0.4) is 0 Å². The maximum absolute atomic E-state index is 12.1. The van der Waals surface area contributed by atoms with E-state index in [4.69, 9.17) is 5.11 Å². The highest BCUT2D eigenvalue weighted by Crippen LogP contribution is 2.13. The lowest BCUT2D eigenvalue weighted by molar-refractivity contribution is 0.0788. The zero-order valence-electron chi connectivity index (χ0n) is 10.1. The van der Waals surface area contributed by atoms with Gasteiger partial charge in [-0.2, -0.15) is 0 Å². The minimum Gasteiger partial charge on any atom is -0.465 e. The van der Waals surface area contributed by atoms with E-state index < -0.39 is 6.09 Å². The molecule has 1 atom stereocenters. The molecule has 0 aromatic carbocycles. The van der Waals surface area contributed by atoms with Gasteiger partial charge < -0.3 is 15.3 Å². The van der Waals surface area contributed by atoms with Crippen molar-refractivity contribution >= 4 is 12.0 Å². The number of carboxylic acid groups (broad SMARTS) is 1. The molecule has 0 aliphatic carbocycles. The van der Waals surface area contributed by atoms with Crippen molar-refractivity contribution < 1.29 is 14.7 Å². The Morgan fingerprint density at radius 1 is 1.50 bits per heavy atom. The molecule has 1 saturated heterocycles. The third kappa shape index (κ3) is 2.77. The summed E-state index contributed by atoms with van der Waals surface area (Å²) in [6, 6.07) is 3.35. The normalized spacial score (nSPS) is 18.7. The first-order valence-electron chi connectivity index (χ1n) is 5.77. The van der Waals surface area contributed by atoms with Gasteiger partial charge in [0.1, 0.15) is 0 Å². The molecule has 2 heterocycles. The quantitative estimate of drug-likeness (QED) is 0.814. The Hall–Kier alpha value is -2.11. The molecule has 2 N–H and O–H groups in total. The summed E-state index contributed by atoms with van der Waals surface area (Å²) in [6.45, 7) is 2.84. The third-order valence-corrected chi connectivity index (χ3v) is 2.96. The van der Waals surface area contributed by atoms with Gasteiger partial charge in [0.25, 0.3) is 5.91 Å². The Morgan fingerprint density at radius 3 is 2.89 bits per heavy atom. The summed E-state index contributed by atoms with van der Waals surface area (Å²) in [5.74, 6) is -0.0998. The second kappa shape index (κ2) is 5.03. The molecular formula is C12H15N3O3. The maximum atomic E-state index is 12.1. The highest BCUT2D eigenvalue weighted by atomic mass is 16.4. The van der Waals surface area contributed by atoms with Crippen molar-refractivity contribution in [1.29, 1.82) is 0 Å². The van der Waals surface area contributed by atoms with Gasteiger partial charge >= 0.3 is 6.09 Å². The molecule has 6 nitrogen and oxygen atoms in total. The minimum absolute atomic E-state index is 0.0998. The number of aryl methyl sites for hydroxylation is 1. The van der Waals surface area contributed by atoms with E-state index in [1.54, 1.807) is 23.2 Å². The lowest BCUT2D eigenvalue weighted by atomic mass is 10.2. The van der Waals surface area contributed by atoms with E-state index in [9.17, 15) is 9.59 Å². The predicted molar refractivity (Wildman–Crippen MR) is 64.4 cm³/mol. The fourth-order valence-corrected chi connectivity index (χ4v) is 2.01. The van der Waals surface area contributed by atoms with Crippen LogP contribution < -0.4 is 5.32 Å². The van der Waals surface area contributed by atoms with Crippen LogP contribution in [0, 0.1) is 6.92 Å². The van der Waals surface area contributed by atoms with Gasteiger partial charge in [-0.3, -0.25) is 9.78 Å². The minimum atomic E-state index is -1.05. The fraction of sp³-hybridized carbons (Fsp3) is 0.417. The van der Waals surface area contributed by atoms with E-state index >= 15 is 0 Å². The number of aromatic nitrogens is 1. The van der Waals surface area contributed by atoms with Crippen molar-refractivity contribution in [3.05, 3.63) is 29.6 Å². The van der Waals surface area contributed by atoms with Crippen LogP contribution in [0.2, 0.25) is 0 Å². The highest BCUT2D eigenvalue weighted by Gasteiger charge is 2.27. The second-order valence-corrected chi connectivity index (χ2v) is 4.37. The summed E-state index contributed by atoms with van der Waals surface area (Å²) >= 11 is 0.